The van der Waals surface area contributed by atoms with Gasteiger partial charge >= 0.3 is 0 Å². The van der Waals surface area contributed by atoms with Crippen molar-refractivity contribution >= 4 is 5.91 Å². The number of aromatic nitrogens is 3. The van der Waals surface area contributed by atoms with Crippen LogP contribution < -0.4 is 5.73 Å². The first kappa shape index (κ1) is 12.0. The molecule has 0 saturated heterocycles. The molecule has 0 aliphatic heterocycles. The maximum Gasteiger partial charge on any atom is 0.244 e. The molecule has 1 aliphatic rings. The first-order chi connectivity index (χ1) is 8.16. The molecule has 1 amide bonds. The summed E-state index contributed by atoms with van der Waals surface area (Å²) in [6, 6.07) is 0.635. The van der Waals surface area contributed by atoms with Gasteiger partial charge in [-0.2, -0.15) is 5.10 Å². The van der Waals surface area contributed by atoms with Crippen molar-refractivity contribution in [2.24, 2.45) is 5.73 Å². The highest BCUT2D eigenvalue weighted by Gasteiger charge is 2.24. The summed E-state index contributed by atoms with van der Waals surface area (Å²) in [5, 5.41) is 3.93. The van der Waals surface area contributed by atoms with E-state index >= 15 is 0 Å². The van der Waals surface area contributed by atoms with Crippen LogP contribution in [0.15, 0.2) is 12.7 Å². The fourth-order valence-corrected chi connectivity index (χ4v) is 2.26. The van der Waals surface area contributed by atoms with E-state index in [1.54, 1.807) is 11.0 Å². The van der Waals surface area contributed by atoms with Gasteiger partial charge < -0.3 is 10.6 Å². The summed E-state index contributed by atoms with van der Waals surface area (Å²) in [4.78, 5) is 17.6. The zero-order valence-electron chi connectivity index (χ0n) is 10.1. The second-order valence-corrected chi connectivity index (χ2v) is 4.67. The lowest BCUT2D eigenvalue weighted by molar-refractivity contribution is -0.133. The molecular formula is C11H19N5O. The van der Waals surface area contributed by atoms with Gasteiger partial charge in [0.15, 0.2) is 0 Å². The van der Waals surface area contributed by atoms with Gasteiger partial charge in [0.1, 0.15) is 19.2 Å². The molecule has 94 valence electrons. The predicted octanol–water partition coefficient (Wildman–Crippen LogP) is 0.00640. The minimum atomic E-state index is 0.0796. The Morgan fingerprint density at radius 1 is 1.47 bits per heavy atom. The van der Waals surface area contributed by atoms with Crippen molar-refractivity contribution < 1.29 is 4.79 Å². The van der Waals surface area contributed by atoms with Crippen LogP contribution in [0.1, 0.15) is 25.7 Å². The lowest BCUT2D eigenvalue weighted by Crippen LogP contribution is -2.43. The summed E-state index contributed by atoms with van der Waals surface area (Å²) in [6.45, 7) is 0.263. The molecule has 2 rings (SSSR count). The molecule has 0 atom stereocenters. The van der Waals surface area contributed by atoms with E-state index in [4.69, 9.17) is 5.73 Å². The number of hydrogen-bond acceptors (Lipinski definition) is 4. The Morgan fingerprint density at radius 3 is 2.76 bits per heavy atom. The van der Waals surface area contributed by atoms with Crippen molar-refractivity contribution in [3.05, 3.63) is 12.7 Å². The van der Waals surface area contributed by atoms with Crippen LogP contribution in [-0.2, 0) is 11.3 Å². The van der Waals surface area contributed by atoms with Gasteiger partial charge in [0.25, 0.3) is 0 Å². The van der Waals surface area contributed by atoms with Crippen LogP contribution in [-0.4, -0.2) is 44.7 Å². The van der Waals surface area contributed by atoms with Gasteiger partial charge in [0, 0.05) is 19.1 Å². The molecule has 1 saturated carbocycles. The van der Waals surface area contributed by atoms with Gasteiger partial charge in [-0.1, -0.05) is 0 Å². The number of carbonyl (C=O) groups excluding carboxylic acids is 1. The Kier molecular flexibility index (Phi) is 3.73. The van der Waals surface area contributed by atoms with Crippen molar-refractivity contribution in [2.75, 3.05) is 7.05 Å². The van der Waals surface area contributed by atoms with Crippen LogP contribution >= 0.6 is 0 Å². The van der Waals surface area contributed by atoms with Crippen molar-refractivity contribution in [2.45, 2.75) is 44.3 Å². The molecule has 0 aromatic carbocycles. The third-order valence-electron chi connectivity index (χ3n) is 3.45. The Morgan fingerprint density at radius 2 is 2.18 bits per heavy atom. The summed E-state index contributed by atoms with van der Waals surface area (Å²) in [5.74, 6) is 0.0796. The third kappa shape index (κ3) is 3.03. The lowest BCUT2D eigenvalue weighted by Gasteiger charge is -2.33. The first-order valence-electron chi connectivity index (χ1n) is 6.00. The largest absolute Gasteiger partial charge is 0.341 e. The lowest BCUT2D eigenvalue weighted by atomic mass is 9.91. The Labute approximate surface area is 101 Å². The zero-order chi connectivity index (χ0) is 12.3. The van der Waals surface area contributed by atoms with E-state index in [0.717, 1.165) is 25.7 Å². The van der Waals surface area contributed by atoms with Crippen molar-refractivity contribution in [3.63, 3.8) is 0 Å². The molecule has 1 aromatic heterocycles. The average molecular weight is 237 g/mol. The van der Waals surface area contributed by atoms with Crippen LogP contribution in [0.4, 0.5) is 0 Å². The monoisotopic (exact) mass is 237 g/mol. The van der Waals surface area contributed by atoms with E-state index in [1.807, 2.05) is 11.9 Å². The quantitative estimate of drug-likeness (QED) is 0.803. The summed E-state index contributed by atoms with van der Waals surface area (Å²) in [5.41, 5.74) is 5.86. The molecule has 6 nitrogen and oxygen atoms in total. The van der Waals surface area contributed by atoms with E-state index in [0.29, 0.717) is 12.1 Å². The van der Waals surface area contributed by atoms with Gasteiger partial charge in [-0.3, -0.25) is 4.79 Å². The molecule has 17 heavy (non-hydrogen) atoms. The number of rotatable bonds is 3. The number of amides is 1. The van der Waals surface area contributed by atoms with Crippen LogP contribution in [0, 0.1) is 0 Å². The highest BCUT2D eigenvalue weighted by molar-refractivity contribution is 5.75. The highest BCUT2D eigenvalue weighted by Crippen LogP contribution is 2.21. The standard InChI is InChI=1S/C11H19N5O/c1-15(10-4-2-9(12)3-5-10)11(17)6-16-8-13-7-14-16/h7-10H,2-6,12H2,1H3. The Balaban J connectivity index is 1.86. The molecule has 0 spiro atoms. The van der Waals surface area contributed by atoms with Crippen LogP contribution in [0.3, 0.4) is 0 Å². The smallest absolute Gasteiger partial charge is 0.244 e. The van der Waals surface area contributed by atoms with E-state index < -0.39 is 0 Å². The summed E-state index contributed by atoms with van der Waals surface area (Å²) >= 11 is 0. The molecular weight excluding hydrogens is 218 g/mol. The normalized spacial score (nSPS) is 24.6. The summed E-state index contributed by atoms with van der Waals surface area (Å²) in [7, 11) is 1.86. The second-order valence-electron chi connectivity index (χ2n) is 4.67. The number of nitrogens with zero attached hydrogens (tertiary/aromatic N) is 4. The van der Waals surface area contributed by atoms with Crippen molar-refractivity contribution in [3.8, 4) is 0 Å². The fourth-order valence-electron chi connectivity index (χ4n) is 2.26. The van der Waals surface area contributed by atoms with Crippen LogP contribution in [0.2, 0.25) is 0 Å². The predicted molar refractivity (Wildman–Crippen MR) is 63.0 cm³/mol. The third-order valence-corrected chi connectivity index (χ3v) is 3.45. The average Bonchev–Trinajstić information content (AvgIpc) is 2.82. The molecule has 0 radical (unpaired) electrons. The molecule has 1 aromatic rings. The highest BCUT2D eigenvalue weighted by atomic mass is 16.2. The Bertz CT molecular complexity index is 356. The topological polar surface area (TPSA) is 77.0 Å². The van der Waals surface area contributed by atoms with Gasteiger partial charge in [0.05, 0.1) is 0 Å². The SMILES string of the molecule is CN(C(=O)Cn1cncn1)C1CCC(N)CC1. The molecule has 2 N–H and O–H groups in total. The maximum absolute atomic E-state index is 12.0. The molecule has 0 unspecified atom stereocenters. The molecule has 1 fully saturated rings. The molecule has 1 aliphatic carbocycles. The molecule has 6 heteroatoms. The molecule has 1 heterocycles. The van der Waals surface area contributed by atoms with Crippen molar-refractivity contribution in [1.29, 1.82) is 0 Å². The van der Waals surface area contributed by atoms with Gasteiger partial charge in [0.2, 0.25) is 5.91 Å². The fraction of sp³-hybridized carbons (Fsp3) is 0.727. The van der Waals surface area contributed by atoms with Gasteiger partial charge in [-0.15, -0.1) is 0 Å². The first-order valence-corrected chi connectivity index (χ1v) is 6.00. The van der Waals surface area contributed by atoms with Crippen LogP contribution in [0.5, 0.6) is 0 Å². The summed E-state index contributed by atoms with van der Waals surface area (Å²) in [6.07, 6.45) is 7.01. The van der Waals surface area contributed by atoms with Crippen molar-refractivity contribution in [1.82, 2.24) is 19.7 Å². The molecule has 0 bridgehead atoms. The zero-order valence-corrected chi connectivity index (χ0v) is 10.1. The van der Waals surface area contributed by atoms with E-state index in [2.05, 4.69) is 10.1 Å². The van der Waals surface area contributed by atoms with Gasteiger partial charge in [-0.25, -0.2) is 9.67 Å². The van der Waals surface area contributed by atoms with E-state index in [1.165, 1.54) is 6.33 Å². The number of likely N-dealkylation sites (N-methyl/N-ethyl adjacent to an activating group) is 1. The minimum Gasteiger partial charge on any atom is -0.341 e. The number of carbonyl (C=O) groups is 1. The maximum atomic E-state index is 12.0. The van der Waals surface area contributed by atoms with E-state index in [-0.39, 0.29) is 12.5 Å². The van der Waals surface area contributed by atoms with Gasteiger partial charge in [-0.05, 0) is 25.7 Å². The van der Waals surface area contributed by atoms with E-state index in [9.17, 15) is 4.79 Å². The second kappa shape index (κ2) is 5.27. The number of nitrogens with two attached hydrogens (primary N) is 1. The summed E-state index contributed by atoms with van der Waals surface area (Å²) < 4.78 is 1.55. The number of hydrogen-bond donors (Lipinski definition) is 1. The Hall–Kier alpha value is -1.43. The van der Waals surface area contributed by atoms with Crippen LogP contribution in [0.25, 0.3) is 0 Å². The minimum absolute atomic E-state index is 0.0796.